The van der Waals surface area contributed by atoms with Crippen LogP contribution in [0.2, 0.25) is 0 Å². The summed E-state index contributed by atoms with van der Waals surface area (Å²) in [5, 5.41) is 0. The summed E-state index contributed by atoms with van der Waals surface area (Å²) < 4.78 is 5.41. The summed E-state index contributed by atoms with van der Waals surface area (Å²) in [6.07, 6.45) is 8.29. The molecule has 0 saturated heterocycles. The number of hydrogen-bond acceptors (Lipinski definition) is 1. The highest BCUT2D eigenvalue weighted by Gasteiger charge is 2.51. The molecule has 2 saturated carbocycles. The highest BCUT2D eigenvalue weighted by atomic mass is 16.5. The van der Waals surface area contributed by atoms with Gasteiger partial charge in [0.1, 0.15) is 5.75 Å². The molecule has 0 atom stereocenters. The molecule has 24 heavy (non-hydrogen) atoms. The van der Waals surface area contributed by atoms with Crippen molar-refractivity contribution in [2.75, 3.05) is 7.11 Å². The Bertz CT molecular complexity index is 678. The van der Waals surface area contributed by atoms with Gasteiger partial charge in [-0.3, -0.25) is 0 Å². The molecule has 0 N–H and O–H groups in total. The van der Waals surface area contributed by atoms with E-state index >= 15 is 0 Å². The van der Waals surface area contributed by atoms with Crippen molar-refractivity contribution in [3.8, 4) is 5.75 Å². The highest BCUT2D eigenvalue weighted by molar-refractivity contribution is 5.47. The van der Waals surface area contributed by atoms with Crippen LogP contribution in [0, 0.1) is 18.8 Å². The SMILES string of the molecule is COc1ccc(C2(c3ccccc3C)C3CCCC2CCC3)cc1. The van der Waals surface area contributed by atoms with Crippen LogP contribution in [-0.4, -0.2) is 7.11 Å². The van der Waals surface area contributed by atoms with Crippen LogP contribution in [0.3, 0.4) is 0 Å². The van der Waals surface area contributed by atoms with Crippen molar-refractivity contribution in [1.82, 2.24) is 0 Å². The number of aryl methyl sites for hydroxylation is 1. The van der Waals surface area contributed by atoms with Gasteiger partial charge in [0.2, 0.25) is 0 Å². The van der Waals surface area contributed by atoms with E-state index in [1.54, 1.807) is 12.7 Å². The van der Waals surface area contributed by atoms with Gasteiger partial charge >= 0.3 is 0 Å². The standard InChI is InChI=1S/C23H28O/c1-17-7-3-4-12-22(17)23(20-13-15-21(24-2)16-14-20)18-8-5-9-19(23)11-6-10-18/h3-4,7,12-16,18-19H,5-6,8-11H2,1-2H3. The summed E-state index contributed by atoms with van der Waals surface area (Å²) in [4.78, 5) is 0. The average Bonchev–Trinajstić information content (AvgIpc) is 2.61. The number of fused-ring (bicyclic) bond motifs is 2. The summed E-state index contributed by atoms with van der Waals surface area (Å²) in [6, 6.07) is 18.1. The Hall–Kier alpha value is -1.76. The van der Waals surface area contributed by atoms with E-state index in [9.17, 15) is 0 Å². The van der Waals surface area contributed by atoms with Gasteiger partial charge in [0.25, 0.3) is 0 Å². The van der Waals surface area contributed by atoms with Crippen molar-refractivity contribution >= 4 is 0 Å². The Balaban J connectivity index is 1.94. The summed E-state index contributed by atoms with van der Waals surface area (Å²) in [5.74, 6) is 2.51. The lowest BCUT2D eigenvalue weighted by atomic mass is 9.49. The molecule has 0 unspecified atom stereocenters. The van der Waals surface area contributed by atoms with Crippen LogP contribution in [-0.2, 0) is 5.41 Å². The predicted octanol–water partition coefficient (Wildman–Crippen LogP) is 5.89. The molecular formula is C23H28O. The molecule has 0 radical (unpaired) electrons. The fourth-order valence-electron chi connectivity index (χ4n) is 5.72. The zero-order chi connectivity index (χ0) is 16.6. The molecule has 0 amide bonds. The van der Waals surface area contributed by atoms with Crippen LogP contribution in [0.15, 0.2) is 48.5 Å². The van der Waals surface area contributed by atoms with Crippen molar-refractivity contribution in [1.29, 1.82) is 0 Å². The maximum Gasteiger partial charge on any atom is 0.118 e. The smallest absolute Gasteiger partial charge is 0.118 e. The van der Waals surface area contributed by atoms with E-state index in [0.29, 0.717) is 0 Å². The van der Waals surface area contributed by atoms with Gasteiger partial charge in [0, 0.05) is 5.41 Å². The fraction of sp³-hybridized carbons (Fsp3) is 0.478. The van der Waals surface area contributed by atoms with Gasteiger partial charge in [-0.1, -0.05) is 49.2 Å². The third-order valence-corrected chi connectivity index (χ3v) is 6.66. The van der Waals surface area contributed by atoms with Gasteiger partial charge in [-0.15, -0.1) is 0 Å². The normalized spacial score (nSPS) is 29.2. The van der Waals surface area contributed by atoms with Gasteiger partial charge in [-0.05, 0) is 73.3 Å². The molecule has 2 fully saturated rings. The molecule has 1 nitrogen and oxygen atoms in total. The molecule has 0 spiro atoms. The fourth-order valence-corrected chi connectivity index (χ4v) is 5.72. The van der Waals surface area contributed by atoms with Crippen molar-refractivity contribution < 1.29 is 4.74 Å². The molecule has 1 heteroatoms. The Morgan fingerprint density at radius 1 is 0.833 bits per heavy atom. The first kappa shape index (κ1) is 15.7. The minimum absolute atomic E-state index is 0.202. The lowest BCUT2D eigenvalue weighted by Gasteiger charge is -2.54. The van der Waals surface area contributed by atoms with E-state index in [4.69, 9.17) is 4.74 Å². The minimum atomic E-state index is 0.202. The molecule has 0 aromatic heterocycles. The van der Waals surface area contributed by atoms with Crippen molar-refractivity contribution in [2.45, 2.75) is 50.9 Å². The lowest BCUT2D eigenvalue weighted by Crippen LogP contribution is -2.49. The van der Waals surface area contributed by atoms with Crippen LogP contribution in [0.1, 0.15) is 55.2 Å². The molecule has 0 aliphatic heterocycles. The predicted molar refractivity (Wildman–Crippen MR) is 99.6 cm³/mol. The zero-order valence-corrected chi connectivity index (χ0v) is 14.9. The quantitative estimate of drug-likeness (QED) is 0.685. The maximum absolute atomic E-state index is 5.41. The molecular weight excluding hydrogens is 292 g/mol. The average molecular weight is 320 g/mol. The summed E-state index contributed by atoms with van der Waals surface area (Å²) >= 11 is 0. The summed E-state index contributed by atoms with van der Waals surface area (Å²) in [7, 11) is 1.75. The Kier molecular flexibility index (Phi) is 4.12. The lowest BCUT2D eigenvalue weighted by molar-refractivity contribution is 0.0832. The highest BCUT2D eigenvalue weighted by Crippen LogP contribution is 2.58. The Labute approximate surface area is 146 Å². The third-order valence-electron chi connectivity index (χ3n) is 6.66. The van der Waals surface area contributed by atoms with Crippen molar-refractivity contribution in [3.05, 3.63) is 65.2 Å². The van der Waals surface area contributed by atoms with E-state index < -0.39 is 0 Å². The first-order chi connectivity index (χ1) is 11.8. The number of rotatable bonds is 3. The number of methoxy groups -OCH3 is 1. The molecule has 2 aliphatic rings. The second kappa shape index (κ2) is 6.27. The summed E-state index contributed by atoms with van der Waals surface area (Å²) in [6.45, 7) is 2.30. The minimum Gasteiger partial charge on any atom is -0.497 e. The number of ether oxygens (including phenoxy) is 1. The maximum atomic E-state index is 5.41. The van der Waals surface area contributed by atoms with Crippen LogP contribution in [0.25, 0.3) is 0 Å². The first-order valence-electron chi connectivity index (χ1n) is 9.47. The van der Waals surface area contributed by atoms with Crippen LogP contribution in [0.4, 0.5) is 0 Å². The summed E-state index contributed by atoms with van der Waals surface area (Å²) in [5.41, 5.74) is 4.73. The van der Waals surface area contributed by atoms with Gasteiger partial charge in [-0.2, -0.15) is 0 Å². The monoisotopic (exact) mass is 320 g/mol. The van der Waals surface area contributed by atoms with E-state index in [1.165, 1.54) is 49.7 Å². The topological polar surface area (TPSA) is 9.23 Å². The largest absolute Gasteiger partial charge is 0.497 e. The van der Waals surface area contributed by atoms with E-state index in [2.05, 4.69) is 55.5 Å². The molecule has 2 bridgehead atoms. The molecule has 2 aliphatic carbocycles. The zero-order valence-electron chi connectivity index (χ0n) is 14.9. The second-order valence-corrected chi connectivity index (χ2v) is 7.67. The third kappa shape index (κ3) is 2.29. The van der Waals surface area contributed by atoms with Gasteiger partial charge < -0.3 is 4.74 Å². The molecule has 126 valence electrons. The van der Waals surface area contributed by atoms with Crippen LogP contribution in [0.5, 0.6) is 5.75 Å². The Morgan fingerprint density at radius 3 is 1.96 bits per heavy atom. The molecule has 2 aromatic carbocycles. The number of hydrogen-bond donors (Lipinski definition) is 0. The molecule has 0 heterocycles. The van der Waals surface area contributed by atoms with E-state index in [0.717, 1.165) is 17.6 Å². The molecule has 4 rings (SSSR count). The number of benzene rings is 2. The van der Waals surface area contributed by atoms with Crippen LogP contribution >= 0.6 is 0 Å². The van der Waals surface area contributed by atoms with Gasteiger partial charge in [0.05, 0.1) is 7.11 Å². The molecule has 2 aromatic rings. The van der Waals surface area contributed by atoms with E-state index in [-0.39, 0.29) is 5.41 Å². The van der Waals surface area contributed by atoms with Crippen molar-refractivity contribution in [2.24, 2.45) is 11.8 Å². The van der Waals surface area contributed by atoms with E-state index in [1.807, 2.05) is 0 Å². The van der Waals surface area contributed by atoms with Gasteiger partial charge in [-0.25, -0.2) is 0 Å². The van der Waals surface area contributed by atoms with Crippen LogP contribution < -0.4 is 4.74 Å². The van der Waals surface area contributed by atoms with Crippen molar-refractivity contribution in [3.63, 3.8) is 0 Å². The Morgan fingerprint density at radius 2 is 1.42 bits per heavy atom. The van der Waals surface area contributed by atoms with Gasteiger partial charge in [0.15, 0.2) is 0 Å². The second-order valence-electron chi connectivity index (χ2n) is 7.67. The first-order valence-corrected chi connectivity index (χ1v) is 9.47.